The lowest BCUT2D eigenvalue weighted by Crippen LogP contribution is -2.46. The van der Waals surface area contributed by atoms with Crippen LogP contribution in [0.5, 0.6) is 5.75 Å². The van der Waals surface area contributed by atoms with Crippen molar-refractivity contribution >= 4 is 5.69 Å². The van der Waals surface area contributed by atoms with E-state index < -0.39 is 0 Å². The summed E-state index contributed by atoms with van der Waals surface area (Å²) in [5.41, 5.74) is 6.22. The lowest BCUT2D eigenvalue weighted by atomic mass is 9.90. The topological polar surface area (TPSA) is 50.5 Å². The molecule has 1 atom stereocenters. The molecular weight excluding hydrogens is 257 g/mol. The summed E-state index contributed by atoms with van der Waals surface area (Å²) in [6.45, 7) is 2.53. The third-order valence-electron chi connectivity index (χ3n) is 4.13. The molecule has 1 fully saturated rings. The van der Waals surface area contributed by atoms with Gasteiger partial charge in [-0.1, -0.05) is 0 Å². The van der Waals surface area contributed by atoms with Crippen LogP contribution in [-0.2, 0) is 0 Å². The summed E-state index contributed by atoms with van der Waals surface area (Å²) in [5, 5.41) is 3.34. The van der Waals surface area contributed by atoms with Gasteiger partial charge in [-0.3, -0.25) is 0 Å². The number of benzene rings is 1. The lowest BCUT2D eigenvalue weighted by molar-refractivity contribution is 0.337. The summed E-state index contributed by atoms with van der Waals surface area (Å²) < 4.78 is 19.1. The molecule has 1 aromatic carbocycles. The maximum absolute atomic E-state index is 14.0. The number of rotatable bonds is 4. The quantitative estimate of drug-likeness (QED) is 0.887. The van der Waals surface area contributed by atoms with Gasteiger partial charge >= 0.3 is 0 Å². The average molecular weight is 281 g/mol. The van der Waals surface area contributed by atoms with E-state index in [1.807, 2.05) is 0 Å². The molecule has 1 aromatic rings. The molecule has 0 aliphatic carbocycles. The highest BCUT2D eigenvalue weighted by molar-refractivity contribution is 5.51. The molecule has 20 heavy (non-hydrogen) atoms. The Balaban J connectivity index is 2.20. The van der Waals surface area contributed by atoms with Gasteiger partial charge in [0.25, 0.3) is 0 Å². The van der Waals surface area contributed by atoms with Crippen LogP contribution in [-0.4, -0.2) is 44.2 Å². The summed E-state index contributed by atoms with van der Waals surface area (Å²) in [7, 11) is 3.69. The molecule has 1 saturated heterocycles. The van der Waals surface area contributed by atoms with E-state index in [9.17, 15) is 4.39 Å². The van der Waals surface area contributed by atoms with Crippen LogP contribution in [0.15, 0.2) is 18.2 Å². The van der Waals surface area contributed by atoms with E-state index in [4.69, 9.17) is 10.5 Å². The highest BCUT2D eigenvalue weighted by Crippen LogP contribution is 2.29. The van der Waals surface area contributed by atoms with Crippen molar-refractivity contribution < 1.29 is 9.13 Å². The van der Waals surface area contributed by atoms with Crippen molar-refractivity contribution in [2.75, 3.05) is 39.1 Å². The summed E-state index contributed by atoms with van der Waals surface area (Å²) >= 11 is 0. The van der Waals surface area contributed by atoms with Crippen LogP contribution in [0.4, 0.5) is 10.1 Å². The zero-order valence-corrected chi connectivity index (χ0v) is 12.3. The number of halogens is 1. The van der Waals surface area contributed by atoms with E-state index >= 15 is 0 Å². The highest BCUT2D eigenvalue weighted by Gasteiger charge is 2.31. The minimum absolute atomic E-state index is 0.238. The molecule has 0 amide bonds. The molecule has 3 N–H and O–H groups in total. The van der Waals surface area contributed by atoms with E-state index in [-0.39, 0.29) is 11.4 Å². The first-order valence-electron chi connectivity index (χ1n) is 7.09. The predicted octanol–water partition coefficient (Wildman–Crippen LogP) is 2.06. The number of likely N-dealkylation sites (tertiary alicyclic amines) is 1. The molecule has 1 aliphatic heterocycles. The average Bonchev–Trinajstić information content (AvgIpc) is 2.64. The van der Waals surface area contributed by atoms with Crippen LogP contribution in [0, 0.1) is 5.82 Å². The highest BCUT2D eigenvalue weighted by atomic mass is 19.1. The molecule has 4 nitrogen and oxygen atoms in total. The largest absolute Gasteiger partial charge is 0.497 e. The van der Waals surface area contributed by atoms with Crippen molar-refractivity contribution in [2.24, 2.45) is 5.73 Å². The molecule has 0 aromatic heterocycles. The standard InChI is InChI=1S/C15H24FN3O/c1-19-8-3-6-15(11-17,7-9-19)18-14-10-12(20-2)4-5-13(14)16/h4-5,10,18H,3,6-9,11,17H2,1-2H3. The van der Waals surface area contributed by atoms with Crippen LogP contribution in [0.2, 0.25) is 0 Å². The number of anilines is 1. The number of hydrogen-bond donors (Lipinski definition) is 2. The fourth-order valence-electron chi connectivity index (χ4n) is 2.72. The zero-order chi connectivity index (χ0) is 14.6. The van der Waals surface area contributed by atoms with Crippen molar-refractivity contribution in [1.82, 2.24) is 4.90 Å². The van der Waals surface area contributed by atoms with Gasteiger partial charge in [-0.2, -0.15) is 0 Å². The van der Waals surface area contributed by atoms with E-state index in [0.29, 0.717) is 18.0 Å². The number of nitrogens with zero attached hydrogens (tertiary/aromatic N) is 1. The first kappa shape index (κ1) is 15.1. The van der Waals surface area contributed by atoms with Gasteiger partial charge in [0.1, 0.15) is 11.6 Å². The van der Waals surface area contributed by atoms with Gasteiger partial charge in [0.2, 0.25) is 0 Å². The Morgan fingerprint density at radius 1 is 1.40 bits per heavy atom. The summed E-state index contributed by atoms with van der Waals surface area (Å²) in [6, 6.07) is 4.74. The monoisotopic (exact) mass is 281 g/mol. The Morgan fingerprint density at radius 3 is 2.90 bits per heavy atom. The number of nitrogens with two attached hydrogens (primary N) is 1. The lowest BCUT2D eigenvalue weighted by Gasteiger charge is -2.34. The number of ether oxygens (including phenoxy) is 1. The second-order valence-corrected chi connectivity index (χ2v) is 5.61. The summed E-state index contributed by atoms with van der Waals surface area (Å²) in [4.78, 5) is 2.29. The predicted molar refractivity (Wildman–Crippen MR) is 79.7 cm³/mol. The van der Waals surface area contributed by atoms with Gasteiger partial charge in [0.15, 0.2) is 0 Å². The van der Waals surface area contributed by atoms with Gasteiger partial charge in [-0.25, -0.2) is 4.39 Å². The molecule has 0 spiro atoms. The number of nitrogens with one attached hydrogen (secondary N) is 1. The summed E-state index contributed by atoms with van der Waals surface area (Å²) in [6.07, 6.45) is 2.92. The third kappa shape index (κ3) is 3.41. The molecule has 1 heterocycles. The van der Waals surface area contributed by atoms with Gasteiger partial charge in [0, 0.05) is 19.2 Å². The fourth-order valence-corrected chi connectivity index (χ4v) is 2.72. The van der Waals surface area contributed by atoms with Crippen molar-refractivity contribution in [3.8, 4) is 5.75 Å². The second-order valence-electron chi connectivity index (χ2n) is 5.61. The van der Waals surface area contributed by atoms with Gasteiger partial charge < -0.3 is 20.7 Å². The van der Waals surface area contributed by atoms with Gasteiger partial charge in [-0.05, 0) is 45.0 Å². The van der Waals surface area contributed by atoms with Crippen LogP contribution in [0.3, 0.4) is 0 Å². The van der Waals surface area contributed by atoms with Crippen molar-refractivity contribution in [3.63, 3.8) is 0 Å². The molecule has 1 unspecified atom stereocenters. The van der Waals surface area contributed by atoms with Gasteiger partial charge in [0.05, 0.1) is 18.3 Å². The minimum Gasteiger partial charge on any atom is -0.497 e. The van der Waals surface area contributed by atoms with Crippen LogP contribution >= 0.6 is 0 Å². The molecule has 0 bridgehead atoms. The Bertz CT molecular complexity index is 455. The molecule has 5 heteroatoms. The normalized spacial score (nSPS) is 24.2. The van der Waals surface area contributed by atoms with Gasteiger partial charge in [-0.15, -0.1) is 0 Å². The van der Waals surface area contributed by atoms with E-state index in [1.54, 1.807) is 19.2 Å². The Kier molecular flexibility index (Phi) is 4.83. The molecule has 2 rings (SSSR count). The number of methoxy groups -OCH3 is 1. The van der Waals surface area contributed by atoms with E-state index in [2.05, 4.69) is 17.3 Å². The Labute approximate surface area is 120 Å². The summed E-state index contributed by atoms with van der Waals surface area (Å²) in [5.74, 6) is 0.378. The zero-order valence-electron chi connectivity index (χ0n) is 12.3. The first-order valence-corrected chi connectivity index (χ1v) is 7.09. The van der Waals surface area contributed by atoms with E-state index in [1.165, 1.54) is 6.07 Å². The molecule has 1 aliphatic rings. The SMILES string of the molecule is COc1ccc(F)c(NC2(CN)CCCN(C)CC2)c1. The third-order valence-corrected chi connectivity index (χ3v) is 4.13. The fraction of sp³-hybridized carbons (Fsp3) is 0.600. The van der Waals surface area contributed by atoms with Crippen molar-refractivity contribution in [3.05, 3.63) is 24.0 Å². The van der Waals surface area contributed by atoms with Crippen molar-refractivity contribution in [2.45, 2.75) is 24.8 Å². The molecule has 112 valence electrons. The van der Waals surface area contributed by atoms with Crippen LogP contribution < -0.4 is 15.8 Å². The first-order chi connectivity index (χ1) is 9.58. The maximum atomic E-state index is 14.0. The van der Waals surface area contributed by atoms with Crippen LogP contribution in [0.1, 0.15) is 19.3 Å². The molecule has 0 radical (unpaired) electrons. The number of hydrogen-bond acceptors (Lipinski definition) is 4. The molecule has 0 saturated carbocycles. The minimum atomic E-state index is -0.267. The Morgan fingerprint density at radius 2 is 2.20 bits per heavy atom. The second kappa shape index (κ2) is 6.41. The van der Waals surface area contributed by atoms with Crippen LogP contribution in [0.25, 0.3) is 0 Å². The molecular formula is C15H24FN3O. The maximum Gasteiger partial charge on any atom is 0.146 e. The van der Waals surface area contributed by atoms with E-state index in [0.717, 1.165) is 32.4 Å². The van der Waals surface area contributed by atoms with Crippen molar-refractivity contribution in [1.29, 1.82) is 0 Å². The smallest absolute Gasteiger partial charge is 0.146 e. The Hall–Kier alpha value is -1.33.